The molecule has 0 saturated heterocycles. The van der Waals surface area contributed by atoms with Crippen LogP contribution in [0.5, 0.6) is 23.0 Å². The van der Waals surface area contributed by atoms with Gasteiger partial charge in [-0.1, -0.05) is 12.1 Å². The van der Waals surface area contributed by atoms with Crippen molar-refractivity contribution in [2.45, 2.75) is 6.54 Å². The van der Waals surface area contributed by atoms with E-state index in [9.17, 15) is 4.79 Å². The Labute approximate surface area is 180 Å². The van der Waals surface area contributed by atoms with Gasteiger partial charge in [0.2, 0.25) is 5.78 Å². The maximum absolute atomic E-state index is 12.9. The quantitative estimate of drug-likeness (QED) is 0.577. The van der Waals surface area contributed by atoms with Gasteiger partial charge in [0.1, 0.15) is 23.0 Å². The van der Waals surface area contributed by atoms with Crippen molar-refractivity contribution in [3.63, 3.8) is 0 Å². The van der Waals surface area contributed by atoms with E-state index in [0.29, 0.717) is 30.3 Å². The van der Waals surface area contributed by atoms with Crippen LogP contribution in [-0.2, 0) is 6.54 Å². The van der Waals surface area contributed by atoms with E-state index in [-0.39, 0.29) is 5.78 Å². The second-order valence-corrected chi connectivity index (χ2v) is 7.30. The van der Waals surface area contributed by atoms with Crippen LogP contribution in [-0.4, -0.2) is 26.7 Å². The molecule has 0 aromatic heterocycles. The number of carbonyl (C=O) groups is 1. The molecule has 2 aliphatic heterocycles. The maximum Gasteiger partial charge on any atom is 0.231 e. The van der Waals surface area contributed by atoms with E-state index < -0.39 is 0 Å². The highest BCUT2D eigenvalue weighted by Crippen LogP contribution is 2.42. The summed E-state index contributed by atoms with van der Waals surface area (Å²) in [7, 11) is 3.26. The number of ether oxygens (including phenoxy) is 4. The van der Waals surface area contributed by atoms with E-state index in [0.717, 1.165) is 34.1 Å². The van der Waals surface area contributed by atoms with Crippen LogP contribution in [0.3, 0.4) is 0 Å². The van der Waals surface area contributed by atoms with Crippen LogP contribution in [0.4, 0.5) is 5.69 Å². The fourth-order valence-corrected chi connectivity index (χ4v) is 3.77. The molecule has 0 radical (unpaired) electrons. The number of carbonyl (C=O) groups excluding carboxylic acids is 1. The Morgan fingerprint density at radius 1 is 0.903 bits per heavy atom. The van der Waals surface area contributed by atoms with E-state index in [1.54, 1.807) is 26.4 Å². The molecule has 2 heterocycles. The van der Waals surface area contributed by atoms with Gasteiger partial charge in [0.15, 0.2) is 12.5 Å². The molecule has 6 nitrogen and oxygen atoms in total. The second-order valence-electron chi connectivity index (χ2n) is 7.30. The minimum absolute atomic E-state index is 0.129. The Balaban J connectivity index is 1.44. The first-order valence-corrected chi connectivity index (χ1v) is 9.92. The topological polar surface area (TPSA) is 57.2 Å². The molecule has 2 aliphatic rings. The fourth-order valence-electron chi connectivity index (χ4n) is 3.77. The number of hydrogen-bond donors (Lipinski definition) is 0. The molecule has 0 saturated carbocycles. The molecule has 0 aliphatic carbocycles. The SMILES string of the molecule is COc1ccc(C=C2Oc3c(ccc4c3CN(c3ccc(OC)cc3)CO4)C2=O)cc1. The molecule has 0 N–H and O–H groups in total. The van der Waals surface area contributed by atoms with Gasteiger partial charge in [-0.05, 0) is 60.2 Å². The zero-order valence-corrected chi connectivity index (χ0v) is 17.3. The van der Waals surface area contributed by atoms with Crippen molar-refractivity contribution in [1.29, 1.82) is 0 Å². The molecule has 0 spiro atoms. The van der Waals surface area contributed by atoms with Crippen LogP contribution >= 0.6 is 0 Å². The minimum Gasteiger partial charge on any atom is -0.497 e. The van der Waals surface area contributed by atoms with Gasteiger partial charge in [0.25, 0.3) is 0 Å². The lowest BCUT2D eigenvalue weighted by Crippen LogP contribution is -2.32. The third-order valence-electron chi connectivity index (χ3n) is 5.47. The Bertz CT molecular complexity index is 1170. The molecule has 6 heteroatoms. The highest BCUT2D eigenvalue weighted by atomic mass is 16.5. The summed E-state index contributed by atoms with van der Waals surface area (Å²) in [4.78, 5) is 15.0. The van der Waals surface area contributed by atoms with Crippen molar-refractivity contribution in [1.82, 2.24) is 0 Å². The summed E-state index contributed by atoms with van der Waals surface area (Å²) < 4.78 is 22.4. The fraction of sp³-hybridized carbons (Fsp3) is 0.160. The van der Waals surface area contributed by atoms with Gasteiger partial charge in [0.05, 0.1) is 31.9 Å². The molecule has 0 atom stereocenters. The number of nitrogens with zero attached hydrogens (tertiary/aromatic N) is 1. The molecule has 156 valence electrons. The third-order valence-corrected chi connectivity index (χ3v) is 5.47. The molecule has 3 aromatic carbocycles. The summed E-state index contributed by atoms with van der Waals surface area (Å²) in [6.07, 6.45) is 1.75. The summed E-state index contributed by atoms with van der Waals surface area (Å²) in [6, 6.07) is 18.9. The van der Waals surface area contributed by atoms with Crippen molar-refractivity contribution in [2.75, 3.05) is 25.9 Å². The van der Waals surface area contributed by atoms with Crippen LogP contribution in [0, 0.1) is 0 Å². The summed E-state index contributed by atoms with van der Waals surface area (Å²) in [6.45, 7) is 0.995. The lowest BCUT2D eigenvalue weighted by molar-refractivity contribution is 0.101. The number of Topliss-reactive ketones (excluding diaryl/α,β-unsaturated/α-hetero) is 1. The van der Waals surface area contributed by atoms with E-state index in [4.69, 9.17) is 18.9 Å². The molecule has 3 aromatic rings. The molecule has 0 amide bonds. The molecule has 5 rings (SSSR count). The van der Waals surface area contributed by atoms with Gasteiger partial charge < -0.3 is 23.8 Å². The van der Waals surface area contributed by atoms with E-state index in [1.807, 2.05) is 54.6 Å². The number of ketones is 1. The molecular weight excluding hydrogens is 394 g/mol. The minimum atomic E-state index is -0.129. The number of methoxy groups -OCH3 is 2. The van der Waals surface area contributed by atoms with Crippen molar-refractivity contribution < 1.29 is 23.7 Å². The summed E-state index contributed by atoms with van der Waals surface area (Å²) in [5, 5.41) is 0. The lowest BCUT2D eigenvalue weighted by atomic mass is 10.0. The van der Waals surface area contributed by atoms with E-state index >= 15 is 0 Å². The van der Waals surface area contributed by atoms with Gasteiger partial charge in [-0.15, -0.1) is 0 Å². The number of fused-ring (bicyclic) bond motifs is 3. The van der Waals surface area contributed by atoms with Crippen molar-refractivity contribution in [3.8, 4) is 23.0 Å². The first-order valence-electron chi connectivity index (χ1n) is 9.92. The largest absolute Gasteiger partial charge is 0.497 e. The monoisotopic (exact) mass is 415 g/mol. The summed E-state index contributed by atoms with van der Waals surface area (Å²) >= 11 is 0. The van der Waals surface area contributed by atoms with Crippen molar-refractivity contribution >= 4 is 17.5 Å². The van der Waals surface area contributed by atoms with E-state index in [1.165, 1.54) is 0 Å². The predicted molar refractivity (Wildman–Crippen MR) is 117 cm³/mol. The third kappa shape index (κ3) is 3.46. The Kier molecular flexibility index (Phi) is 4.75. The van der Waals surface area contributed by atoms with Crippen LogP contribution in [0.25, 0.3) is 6.08 Å². The van der Waals surface area contributed by atoms with E-state index in [2.05, 4.69) is 4.90 Å². The zero-order chi connectivity index (χ0) is 21.4. The van der Waals surface area contributed by atoms with Gasteiger partial charge >= 0.3 is 0 Å². The molecule has 0 fully saturated rings. The van der Waals surface area contributed by atoms with Gasteiger partial charge in [-0.25, -0.2) is 0 Å². The van der Waals surface area contributed by atoms with Gasteiger partial charge in [-0.3, -0.25) is 4.79 Å². The number of allylic oxidation sites excluding steroid dienone is 1. The smallest absolute Gasteiger partial charge is 0.231 e. The highest BCUT2D eigenvalue weighted by molar-refractivity contribution is 6.15. The van der Waals surface area contributed by atoms with Gasteiger partial charge in [0, 0.05) is 5.69 Å². The lowest BCUT2D eigenvalue weighted by Gasteiger charge is -2.31. The number of hydrogen-bond acceptors (Lipinski definition) is 6. The average Bonchev–Trinajstić information content (AvgIpc) is 3.15. The van der Waals surface area contributed by atoms with Crippen LogP contribution < -0.4 is 23.8 Å². The maximum atomic E-state index is 12.9. The average molecular weight is 415 g/mol. The molecule has 0 unspecified atom stereocenters. The van der Waals surface area contributed by atoms with Gasteiger partial charge in [-0.2, -0.15) is 0 Å². The van der Waals surface area contributed by atoms with Crippen LogP contribution in [0.1, 0.15) is 21.5 Å². The standard InChI is InChI=1S/C25H21NO5/c1-28-18-7-3-16(4-8-18)13-23-24(27)20-11-12-22-21(25(20)31-23)14-26(15-30-22)17-5-9-19(29-2)10-6-17/h3-13H,14-15H2,1-2H3. The van der Waals surface area contributed by atoms with Crippen molar-refractivity contribution in [2.24, 2.45) is 0 Å². The molecular formula is C25H21NO5. The van der Waals surface area contributed by atoms with Crippen LogP contribution in [0.2, 0.25) is 0 Å². The first-order chi connectivity index (χ1) is 15.2. The number of anilines is 1. The Morgan fingerprint density at radius 3 is 2.26 bits per heavy atom. The molecule has 0 bridgehead atoms. The summed E-state index contributed by atoms with van der Waals surface area (Å²) in [5.74, 6) is 3.03. The highest BCUT2D eigenvalue weighted by Gasteiger charge is 2.33. The number of rotatable bonds is 4. The zero-order valence-electron chi connectivity index (χ0n) is 17.3. The summed E-state index contributed by atoms with van der Waals surface area (Å²) in [5.41, 5.74) is 3.29. The van der Waals surface area contributed by atoms with Crippen LogP contribution in [0.15, 0.2) is 66.4 Å². The Hall–Kier alpha value is -3.93. The molecule has 31 heavy (non-hydrogen) atoms. The van der Waals surface area contributed by atoms with Crippen molar-refractivity contribution in [3.05, 3.63) is 83.1 Å². The normalized spacial score (nSPS) is 15.7. The predicted octanol–water partition coefficient (Wildman–Crippen LogP) is 4.68. The first kappa shape index (κ1) is 19.1. The number of benzene rings is 3. The Morgan fingerprint density at radius 2 is 1.58 bits per heavy atom. The second kappa shape index (κ2) is 7.72.